The molecule has 0 aliphatic rings. The van der Waals surface area contributed by atoms with Crippen LogP contribution < -0.4 is 5.73 Å². The van der Waals surface area contributed by atoms with Crippen LogP contribution in [0.2, 0.25) is 0 Å². The molecule has 1 aromatic rings. The molecule has 0 heterocycles. The molecule has 1 rings (SSSR count). The predicted molar refractivity (Wildman–Crippen MR) is 56.3 cm³/mol. The van der Waals surface area contributed by atoms with Gasteiger partial charge < -0.3 is 5.73 Å². The summed E-state index contributed by atoms with van der Waals surface area (Å²) in [5.74, 6) is -0.183. The molecule has 0 aromatic heterocycles. The van der Waals surface area contributed by atoms with E-state index in [1.165, 1.54) is 6.07 Å². The summed E-state index contributed by atoms with van der Waals surface area (Å²) in [7, 11) is 0. The molecule has 0 saturated heterocycles. The molecule has 0 aliphatic carbocycles. The van der Waals surface area contributed by atoms with Crippen LogP contribution in [0.4, 0.5) is 4.39 Å². The van der Waals surface area contributed by atoms with Crippen molar-refractivity contribution in [2.75, 3.05) is 0 Å². The van der Waals surface area contributed by atoms with Crippen LogP contribution in [-0.4, -0.2) is 0 Å². The van der Waals surface area contributed by atoms with Crippen LogP contribution >= 0.6 is 22.6 Å². The highest BCUT2D eigenvalue weighted by atomic mass is 127. The van der Waals surface area contributed by atoms with Crippen molar-refractivity contribution in [3.8, 4) is 0 Å². The van der Waals surface area contributed by atoms with E-state index < -0.39 is 0 Å². The largest absolute Gasteiger partial charge is 0.324 e. The lowest BCUT2D eigenvalue weighted by Gasteiger charge is -2.11. The first-order chi connectivity index (χ1) is 5.66. The summed E-state index contributed by atoms with van der Waals surface area (Å²) in [5, 5.41) is 0. The number of hydrogen-bond donors (Lipinski definition) is 1. The molecule has 1 nitrogen and oxygen atoms in total. The van der Waals surface area contributed by atoms with Crippen LogP contribution in [-0.2, 0) is 0 Å². The van der Waals surface area contributed by atoms with E-state index >= 15 is 0 Å². The number of rotatable bonds is 2. The molecule has 2 N–H and O–H groups in total. The molecule has 0 aliphatic heterocycles. The first kappa shape index (κ1) is 9.92. The van der Waals surface area contributed by atoms with E-state index in [0.717, 1.165) is 12.0 Å². The molecule has 0 spiro atoms. The number of nitrogens with two attached hydrogens (primary N) is 1. The Morgan fingerprint density at radius 3 is 2.83 bits per heavy atom. The monoisotopic (exact) mass is 279 g/mol. The molecule has 0 fully saturated rings. The molecule has 1 aromatic carbocycles. The SMILES string of the molecule is CC[C@H](N)c1cccc(F)c1I. The first-order valence-electron chi connectivity index (χ1n) is 3.86. The Morgan fingerprint density at radius 1 is 1.58 bits per heavy atom. The summed E-state index contributed by atoms with van der Waals surface area (Å²) in [6, 6.07) is 4.97. The van der Waals surface area contributed by atoms with Crippen molar-refractivity contribution in [1.29, 1.82) is 0 Å². The lowest BCUT2D eigenvalue weighted by Crippen LogP contribution is -2.10. The maximum absolute atomic E-state index is 13.0. The minimum atomic E-state index is -0.183. The molecule has 12 heavy (non-hydrogen) atoms. The average molecular weight is 279 g/mol. The van der Waals surface area contributed by atoms with E-state index in [1.54, 1.807) is 6.07 Å². The third-order valence-electron chi connectivity index (χ3n) is 1.82. The minimum absolute atomic E-state index is 0.0485. The Morgan fingerprint density at radius 2 is 2.25 bits per heavy atom. The van der Waals surface area contributed by atoms with Gasteiger partial charge in [0.2, 0.25) is 0 Å². The topological polar surface area (TPSA) is 26.0 Å². The maximum atomic E-state index is 13.0. The van der Waals surface area contributed by atoms with Gasteiger partial charge in [0, 0.05) is 6.04 Å². The van der Waals surface area contributed by atoms with Crippen molar-refractivity contribution in [2.45, 2.75) is 19.4 Å². The fourth-order valence-electron chi connectivity index (χ4n) is 1.03. The van der Waals surface area contributed by atoms with Crippen molar-refractivity contribution in [3.05, 3.63) is 33.1 Å². The summed E-state index contributed by atoms with van der Waals surface area (Å²) in [6.45, 7) is 1.99. The van der Waals surface area contributed by atoms with Crippen molar-refractivity contribution in [3.63, 3.8) is 0 Å². The van der Waals surface area contributed by atoms with E-state index in [2.05, 4.69) is 0 Å². The van der Waals surface area contributed by atoms with Gasteiger partial charge in [-0.3, -0.25) is 0 Å². The summed E-state index contributed by atoms with van der Waals surface area (Å²) in [4.78, 5) is 0. The van der Waals surface area contributed by atoms with Crippen molar-refractivity contribution in [1.82, 2.24) is 0 Å². The predicted octanol–water partition coefficient (Wildman–Crippen LogP) is 2.84. The molecular formula is C9H11FIN. The van der Waals surface area contributed by atoms with Crippen LogP contribution in [0, 0.1) is 9.39 Å². The molecule has 0 amide bonds. The van der Waals surface area contributed by atoms with Crippen LogP contribution in [0.5, 0.6) is 0 Å². The van der Waals surface area contributed by atoms with E-state index in [4.69, 9.17) is 5.73 Å². The normalized spacial score (nSPS) is 13.0. The fraction of sp³-hybridized carbons (Fsp3) is 0.333. The number of hydrogen-bond acceptors (Lipinski definition) is 1. The third kappa shape index (κ3) is 1.95. The molecule has 3 heteroatoms. The molecule has 0 bridgehead atoms. The van der Waals surface area contributed by atoms with Gasteiger partial charge in [-0.15, -0.1) is 0 Å². The van der Waals surface area contributed by atoms with Crippen LogP contribution in [0.3, 0.4) is 0 Å². The maximum Gasteiger partial charge on any atom is 0.136 e. The molecule has 66 valence electrons. The van der Waals surface area contributed by atoms with Crippen molar-refractivity contribution < 1.29 is 4.39 Å². The quantitative estimate of drug-likeness (QED) is 0.828. The van der Waals surface area contributed by atoms with Gasteiger partial charge in [0.05, 0.1) is 3.57 Å². The van der Waals surface area contributed by atoms with Crippen molar-refractivity contribution >= 4 is 22.6 Å². The van der Waals surface area contributed by atoms with Gasteiger partial charge in [0.25, 0.3) is 0 Å². The zero-order chi connectivity index (χ0) is 9.14. The Hall–Kier alpha value is -0.160. The first-order valence-corrected chi connectivity index (χ1v) is 4.94. The molecule has 1 atom stereocenters. The van der Waals surface area contributed by atoms with E-state index in [0.29, 0.717) is 3.57 Å². The Kier molecular flexibility index (Phi) is 3.46. The van der Waals surface area contributed by atoms with Gasteiger partial charge in [-0.1, -0.05) is 19.1 Å². The van der Waals surface area contributed by atoms with Crippen molar-refractivity contribution in [2.24, 2.45) is 5.73 Å². The molecular weight excluding hydrogens is 268 g/mol. The average Bonchev–Trinajstić information content (AvgIpc) is 2.08. The summed E-state index contributed by atoms with van der Waals surface area (Å²) in [6.07, 6.45) is 0.833. The minimum Gasteiger partial charge on any atom is -0.324 e. The van der Waals surface area contributed by atoms with Crippen LogP contribution in [0.15, 0.2) is 18.2 Å². The van der Waals surface area contributed by atoms with Gasteiger partial charge in [0.15, 0.2) is 0 Å². The summed E-state index contributed by atoms with van der Waals surface area (Å²) >= 11 is 1.99. The second-order valence-electron chi connectivity index (χ2n) is 2.66. The number of benzene rings is 1. The standard InChI is InChI=1S/C9H11FIN/c1-2-8(12)6-4-3-5-7(10)9(6)11/h3-5,8H,2,12H2,1H3/t8-/m0/s1. The smallest absolute Gasteiger partial charge is 0.136 e. The highest BCUT2D eigenvalue weighted by molar-refractivity contribution is 14.1. The van der Waals surface area contributed by atoms with Gasteiger partial charge in [0.1, 0.15) is 5.82 Å². The Bertz CT molecular complexity index is 275. The second kappa shape index (κ2) is 4.18. The van der Waals surface area contributed by atoms with Gasteiger partial charge in [-0.2, -0.15) is 0 Å². The Labute approximate surface area is 85.3 Å². The van der Waals surface area contributed by atoms with Gasteiger partial charge in [-0.25, -0.2) is 4.39 Å². The lowest BCUT2D eigenvalue weighted by molar-refractivity contribution is 0.607. The third-order valence-corrected chi connectivity index (χ3v) is 2.96. The summed E-state index contributed by atoms with van der Waals surface area (Å²) < 4.78 is 13.7. The van der Waals surface area contributed by atoms with E-state index in [-0.39, 0.29) is 11.9 Å². The molecule has 0 unspecified atom stereocenters. The highest BCUT2D eigenvalue weighted by Crippen LogP contribution is 2.22. The van der Waals surface area contributed by atoms with E-state index in [1.807, 2.05) is 35.6 Å². The van der Waals surface area contributed by atoms with E-state index in [9.17, 15) is 4.39 Å². The summed E-state index contributed by atoms with van der Waals surface area (Å²) in [5.41, 5.74) is 6.69. The van der Waals surface area contributed by atoms with Gasteiger partial charge in [-0.05, 0) is 40.6 Å². The second-order valence-corrected chi connectivity index (χ2v) is 3.74. The molecule has 0 radical (unpaired) electrons. The zero-order valence-electron chi connectivity index (χ0n) is 6.85. The Balaban J connectivity index is 3.07. The van der Waals surface area contributed by atoms with Crippen LogP contribution in [0.25, 0.3) is 0 Å². The number of halogens is 2. The van der Waals surface area contributed by atoms with Crippen LogP contribution in [0.1, 0.15) is 24.9 Å². The fourth-order valence-corrected chi connectivity index (χ4v) is 1.79. The lowest BCUT2D eigenvalue weighted by atomic mass is 10.1. The zero-order valence-corrected chi connectivity index (χ0v) is 9.01. The van der Waals surface area contributed by atoms with Gasteiger partial charge >= 0.3 is 0 Å². The molecule has 0 saturated carbocycles. The highest BCUT2D eigenvalue weighted by Gasteiger charge is 2.09.